The van der Waals surface area contributed by atoms with Gasteiger partial charge in [0, 0.05) is 0 Å². The molecule has 0 unspecified atom stereocenters. The minimum absolute atomic E-state index is 0.0114. The number of halogens is 3. The number of alkyl halides is 3. The Labute approximate surface area is 161 Å². The van der Waals surface area contributed by atoms with Gasteiger partial charge in [0.25, 0.3) is 0 Å². The van der Waals surface area contributed by atoms with Crippen molar-refractivity contribution in [3.8, 4) is 0 Å². The van der Waals surface area contributed by atoms with Gasteiger partial charge in [0.15, 0.2) is 0 Å². The number of benzene rings is 1. The van der Waals surface area contributed by atoms with E-state index in [0.717, 1.165) is 15.3 Å². The zero-order valence-corrected chi connectivity index (χ0v) is 17.7. The Morgan fingerprint density at radius 1 is 1.31 bits per heavy atom. The Balaban J connectivity index is 1.60. The molecule has 1 aromatic rings. The summed E-state index contributed by atoms with van der Waals surface area (Å²) in [5, 5.41) is 0. The van der Waals surface area contributed by atoms with E-state index in [9.17, 15) is 18.0 Å². The van der Waals surface area contributed by atoms with Gasteiger partial charge in [-0.05, 0) is 0 Å². The monoisotopic (exact) mass is 467 g/mol. The molecule has 3 rings (SSSR count). The van der Waals surface area contributed by atoms with Crippen LogP contribution in [0.4, 0.5) is 13.2 Å². The zero-order valence-electron chi connectivity index (χ0n) is 14.4. The maximum absolute atomic E-state index is 13.2. The molecule has 0 bridgehead atoms. The number of allylic oxidation sites excluding steroid dienone is 1. The quantitative estimate of drug-likeness (QED) is 0.682. The Kier molecular flexibility index (Phi) is 5.99. The number of piperidine rings is 1. The summed E-state index contributed by atoms with van der Waals surface area (Å²) in [6, 6.07) is 5.75. The summed E-state index contributed by atoms with van der Waals surface area (Å²) in [7, 11) is 1.61. The molecule has 137 valence electrons. The normalized spacial score (nSPS) is 18.2. The van der Waals surface area contributed by atoms with Gasteiger partial charge in [-0.2, -0.15) is 0 Å². The van der Waals surface area contributed by atoms with Gasteiger partial charge in [0.1, 0.15) is 0 Å². The third-order valence-corrected chi connectivity index (χ3v) is 7.98. The van der Waals surface area contributed by atoms with Gasteiger partial charge >= 0.3 is 162 Å². The van der Waals surface area contributed by atoms with Crippen molar-refractivity contribution in [2.75, 3.05) is 20.2 Å². The molecule has 1 radical (unpaired) electrons. The van der Waals surface area contributed by atoms with Gasteiger partial charge < -0.3 is 0 Å². The summed E-state index contributed by atoms with van der Waals surface area (Å²) < 4.78 is 50.2. The van der Waals surface area contributed by atoms with E-state index in [-0.39, 0.29) is 18.2 Å². The number of hydrogen-bond donors (Lipinski definition) is 0. The number of likely N-dealkylation sites (tertiary alicyclic amines) is 1. The Bertz CT molecular complexity index is 738. The summed E-state index contributed by atoms with van der Waals surface area (Å²) in [5.74, 6) is -0.182. The SMILES string of the molecule is CO[C]1=CC(CC(=O)N2CCC(c3ccccc3C(F)(F)F)CC2)=[N][In]1. The summed E-state index contributed by atoms with van der Waals surface area (Å²) in [5.41, 5.74) is 0.555. The fourth-order valence-electron chi connectivity index (χ4n) is 3.41. The van der Waals surface area contributed by atoms with Crippen LogP contribution < -0.4 is 0 Å². The average molecular weight is 467 g/mol. The van der Waals surface area contributed by atoms with E-state index < -0.39 is 34.9 Å². The van der Waals surface area contributed by atoms with Gasteiger partial charge in [-0.25, -0.2) is 0 Å². The van der Waals surface area contributed by atoms with Crippen LogP contribution in [0.25, 0.3) is 0 Å². The zero-order chi connectivity index (χ0) is 18.7. The van der Waals surface area contributed by atoms with E-state index in [0.29, 0.717) is 31.5 Å². The summed E-state index contributed by atoms with van der Waals surface area (Å²) >= 11 is -1.23. The van der Waals surface area contributed by atoms with Crippen molar-refractivity contribution in [1.29, 1.82) is 0 Å². The van der Waals surface area contributed by atoms with Gasteiger partial charge in [-0.15, -0.1) is 0 Å². The third-order valence-electron chi connectivity index (χ3n) is 4.79. The average Bonchev–Trinajstić information content (AvgIpc) is 3.09. The number of amides is 1. The molecule has 2 aliphatic heterocycles. The number of ether oxygens (including phenoxy) is 1. The van der Waals surface area contributed by atoms with E-state index in [4.69, 9.17) is 4.74 Å². The fraction of sp³-hybridized carbons (Fsp3) is 0.444. The van der Waals surface area contributed by atoms with Crippen LogP contribution in [-0.4, -0.2) is 59.9 Å². The van der Waals surface area contributed by atoms with Crippen LogP contribution in [0.3, 0.4) is 0 Å². The molecular formula is C18H19F3InN2O2. The second-order valence-electron chi connectivity index (χ2n) is 6.42. The number of rotatable bonds is 4. The molecule has 26 heavy (non-hydrogen) atoms. The van der Waals surface area contributed by atoms with Gasteiger partial charge in [-0.1, -0.05) is 0 Å². The van der Waals surface area contributed by atoms with E-state index in [1.807, 2.05) is 6.08 Å². The number of carbonyl (C=O) groups is 1. The van der Waals surface area contributed by atoms with Crippen LogP contribution in [0.1, 0.15) is 36.3 Å². The van der Waals surface area contributed by atoms with Crippen molar-refractivity contribution in [3.05, 3.63) is 45.0 Å². The predicted molar refractivity (Wildman–Crippen MR) is 92.9 cm³/mol. The Morgan fingerprint density at radius 3 is 2.62 bits per heavy atom. The predicted octanol–water partition coefficient (Wildman–Crippen LogP) is 3.36. The number of methoxy groups -OCH3 is 1. The molecule has 2 aliphatic rings. The summed E-state index contributed by atoms with van der Waals surface area (Å²) in [6.07, 6.45) is -1.15. The number of carbonyl (C=O) groups excluding carboxylic acids is 1. The van der Waals surface area contributed by atoms with Gasteiger partial charge in [-0.3, -0.25) is 0 Å². The van der Waals surface area contributed by atoms with Gasteiger partial charge in [0.2, 0.25) is 0 Å². The van der Waals surface area contributed by atoms with Crippen molar-refractivity contribution < 1.29 is 22.7 Å². The van der Waals surface area contributed by atoms with Crippen LogP contribution in [0.15, 0.2) is 36.8 Å². The summed E-state index contributed by atoms with van der Waals surface area (Å²) in [4.78, 5) is 14.2. The number of nitrogens with zero attached hydrogens (tertiary/aromatic N) is 2. The van der Waals surface area contributed by atoms with Crippen LogP contribution in [0.2, 0.25) is 0 Å². The first-order valence-electron chi connectivity index (χ1n) is 8.48. The molecule has 4 nitrogen and oxygen atoms in total. The molecule has 1 aromatic carbocycles. The number of hydrogen-bond acceptors (Lipinski definition) is 3. The van der Waals surface area contributed by atoms with E-state index in [1.54, 1.807) is 24.1 Å². The topological polar surface area (TPSA) is 41.9 Å². The molecule has 1 saturated heterocycles. The molecule has 0 aliphatic carbocycles. The van der Waals surface area contributed by atoms with Crippen LogP contribution >= 0.6 is 0 Å². The minimum atomic E-state index is -4.35. The first kappa shape index (κ1) is 19.3. The molecule has 0 aromatic heterocycles. The molecule has 0 spiro atoms. The fourth-order valence-corrected chi connectivity index (χ4v) is 5.78. The third kappa shape index (κ3) is 4.45. The second kappa shape index (κ2) is 8.06. The summed E-state index contributed by atoms with van der Waals surface area (Å²) in [6.45, 7) is 0.955. The van der Waals surface area contributed by atoms with E-state index in [1.165, 1.54) is 6.07 Å². The maximum atomic E-state index is 13.2. The van der Waals surface area contributed by atoms with E-state index >= 15 is 0 Å². The van der Waals surface area contributed by atoms with Gasteiger partial charge in [0.05, 0.1) is 0 Å². The second-order valence-corrected chi connectivity index (χ2v) is 9.52. The molecule has 1 fully saturated rings. The molecule has 1 amide bonds. The molecular weight excluding hydrogens is 448 g/mol. The van der Waals surface area contributed by atoms with Crippen molar-refractivity contribution in [2.24, 2.45) is 2.98 Å². The van der Waals surface area contributed by atoms with Crippen LogP contribution in [-0.2, 0) is 15.7 Å². The van der Waals surface area contributed by atoms with Crippen molar-refractivity contribution in [2.45, 2.75) is 31.4 Å². The van der Waals surface area contributed by atoms with Crippen molar-refractivity contribution >= 4 is 34.8 Å². The first-order chi connectivity index (χ1) is 12.4. The van der Waals surface area contributed by atoms with Crippen LogP contribution in [0.5, 0.6) is 0 Å². The molecule has 0 atom stereocenters. The molecule has 0 N–H and O–H groups in total. The standard InChI is InChI=1S/C18H19F3N2O2.In/c1-25-11-8-14(22)12-17(24)23-9-6-13(7-10-23)15-4-2-3-5-16(15)18(19,20)21;/h2-5,8,13H,6-7,9-10,12H2,1H3;/q-1;+1. The molecule has 0 saturated carbocycles. The molecule has 2 heterocycles. The van der Waals surface area contributed by atoms with Crippen LogP contribution in [0, 0.1) is 0 Å². The van der Waals surface area contributed by atoms with Crippen molar-refractivity contribution in [3.63, 3.8) is 0 Å². The first-order valence-corrected chi connectivity index (χ1v) is 11.6. The Hall–Kier alpha value is -1.44. The van der Waals surface area contributed by atoms with E-state index in [2.05, 4.69) is 2.98 Å². The Morgan fingerprint density at radius 2 is 2.00 bits per heavy atom. The van der Waals surface area contributed by atoms with Crippen molar-refractivity contribution in [1.82, 2.24) is 4.90 Å². The molecule has 8 heteroatoms.